The number of nitrogens with zero attached hydrogens (tertiary/aromatic N) is 1. The summed E-state index contributed by atoms with van der Waals surface area (Å²) in [6.07, 6.45) is 0.673. The number of hydrogen-bond acceptors (Lipinski definition) is 5. The Labute approximate surface area is 198 Å². The molecule has 0 saturated heterocycles. The summed E-state index contributed by atoms with van der Waals surface area (Å²) in [7, 11) is 0. The quantitative estimate of drug-likeness (QED) is 0.605. The number of fused-ring (bicyclic) bond motifs is 2. The summed E-state index contributed by atoms with van der Waals surface area (Å²) in [4.78, 5) is 27.5. The average Bonchev–Trinajstić information content (AvgIpc) is 2.84. The Bertz CT molecular complexity index is 1240. The van der Waals surface area contributed by atoms with Crippen LogP contribution in [0, 0.1) is 6.92 Å². The normalized spacial score (nSPS) is 14.4. The minimum atomic E-state index is -0.294. The van der Waals surface area contributed by atoms with Crippen LogP contribution in [-0.2, 0) is 17.8 Å². The van der Waals surface area contributed by atoms with Gasteiger partial charge in [0.2, 0.25) is 0 Å². The molecule has 7 heteroatoms. The van der Waals surface area contributed by atoms with E-state index in [-0.39, 0.29) is 18.4 Å². The Morgan fingerprint density at radius 1 is 1.03 bits per heavy atom. The van der Waals surface area contributed by atoms with Gasteiger partial charge in [0, 0.05) is 36.0 Å². The van der Waals surface area contributed by atoms with Crippen LogP contribution in [0.1, 0.15) is 27.0 Å². The molecular formula is C27H26N2O5. The highest BCUT2D eigenvalue weighted by atomic mass is 16.6. The molecular weight excluding hydrogens is 432 g/mol. The van der Waals surface area contributed by atoms with Gasteiger partial charge in [-0.15, -0.1) is 0 Å². The molecule has 0 fully saturated rings. The summed E-state index contributed by atoms with van der Waals surface area (Å²) in [6.45, 7) is 4.05. The van der Waals surface area contributed by atoms with E-state index in [1.807, 2.05) is 36.1 Å². The van der Waals surface area contributed by atoms with Crippen LogP contribution in [0.4, 0.5) is 5.69 Å². The molecule has 34 heavy (non-hydrogen) atoms. The van der Waals surface area contributed by atoms with Gasteiger partial charge in [-0.25, -0.2) is 0 Å². The van der Waals surface area contributed by atoms with E-state index >= 15 is 0 Å². The van der Waals surface area contributed by atoms with Gasteiger partial charge in [0.1, 0.15) is 19.0 Å². The molecule has 174 valence electrons. The molecule has 3 aromatic carbocycles. The second-order valence-corrected chi connectivity index (χ2v) is 8.44. The van der Waals surface area contributed by atoms with E-state index in [4.69, 9.17) is 14.2 Å². The molecule has 0 saturated carbocycles. The molecule has 3 aromatic rings. The van der Waals surface area contributed by atoms with E-state index in [9.17, 15) is 9.59 Å². The maximum Gasteiger partial charge on any atom is 0.262 e. The number of carbonyl (C=O) groups excluding carboxylic acids is 2. The first-order valence-electron chi connectivity index (χ1n) is 11.4. The number of nitrogens with one attached hydrogen (secondary N) is 1. The lowest BCUT2D eigenvalue weighted by molar-refractivity contribution is -0.118. The highest BCUT2D eigenvalue weighted by Crippen LogP contribution is 2.33. The molecule has 2 aliphatic rings. The van der Waals surface area contributed by atoms with Crippen molar-refractivity contribution in [2.45, 2.75) is 19.9 Å². The van der Waals surface area contributed by atoms with E-state index in [1.54, 1.807) is 30.3 Å². The van der Waals surface area contributed by atoms with Crippen molar-refractivity contribution in [1.29, 1.82) is 0 Å². The number of amides is 2. The zero-order valence-electron chi connectivity index (χ0n) is 19.0. The van der Waals surface area contributed by atoms with Gasteiger partial charge in [0.15, 0.2) is 18.1 Å². The van der Waals surface area contributed by atoms with E-state index in [0.717, 1.165) is 11.1 Å². The second-order valence-electron chi connectivity index (χ2n) is 8.44. The smallest absolute Gasteiger partial charge is 0.262 e. The topological polar surface area (TPSA) is 77.1 Å². The summed E-state index contributed by atoms with van der Waals surface area (Å²) in [5.41, 5.74) is 4.37. The lowest BCUT2D eigenvalue weighted by Gasteiger charge is -2.29. The zero-order valence-corrected chi connectivity index (χ0v) is 19.0. The van der Waals surface area contributed by atoms with Gasteiger partial charge in [0.25, 0.3) is 11.8 Å². The summed E-state index contributed by atoms with van der Waals surface area (Å²) in [5.74, 6) is 1.53. The Morgan fingerprint density at radius 2 is 1.85 bits per heavy atom. The van der Waals surface area contributed by atoms with Crippen LogP contribution in [0.2, 0.25) is 0 Å². The predicted octanol–water partition coefficient (Wildman–Crippen LogP) is 3.98. The summed E-state index contributed by atoms with van der Waals surface area (Å²) in [5, 5.41) is 2.82. The lowest BCUT2D eigenvalue weighted by Crippen LogP contribution is -2.37. The number of rotatable bonds is 6. The third-order valence-electron chi connectivity index (χ3n) is 5.92. The van der Waals surface area contributed by atoms with Crippen LogP contribution in [0.3, 0.4) is 0 Å². The highest BCUT2D eigenvalue weighted by Gasteiger charge is 2.27. The molecule has 0 unspecified atom stereocenters. The van der Waals surface area contributed by atoms with Crippen LogP contribution in [-0.4, -0.2) is 43.1 Å². The van der Waals surface area contributed by atoms with Crippen molar-refractivity contribution >= 4 is 17.5 Å². The van der Waals surface area contributed by atoms with E-state index in [1.165, 1.54) is 5.56 Å². The van der Waals surface area contributed by atoms with E-state index in [2.05, 4.69) is 11.4 Å². The molecule has 1 N–H and O–H groups in total. The molecule has 0 bridgehead atoms. The average molecular weight is 459 g/mol. The van der Waals surface area contributed by atoms with E-state index < -0.39 is 0 Å². The highest BCUT2D eigenvalue weighted by molar-refractivity contribution is 5.97. The Hall–Kier alpha value is -4.00. The van der Waals surface area contributed by atoms with Crippen molar-refractivity contribution in [1.82, 2.24) is 4.90 Å². The van der Waals surface area contributed by atoms with Crippen LogP contribution in [0.5, 0.6) is 17.2 Å². The maximum absolute atomic E-state index is 13.1. The fraction of sp³-hybridized carbons (Fsp3) is 0.259. The summed E-state index contributed by atoms with van der Waals surface area (Å²) in [6, 6.07) is 18.9. The molecule has 2 aliphatic heterocycles. The molecule has 0 aromatic heterocycles. The van der Waals surface area contributed by atoms with Gasteiger partial charge in [-0.1, -0.05) is 35.9 Å². The van der Waals surface area contributed by atoms with Crippen molar-refractivity contribution in [3.05, 3.63) is 82.9 Å². The Morgan fingerprint density at radius 3 is 2.71 bits per heavy atom. The van der Waals surface area contributed by atoms with E-state index in [0.29, 0.717) is 61.2 Å². The predicted molar refractivity (Wildman–Crippen MR) is 128 cm³/mol. The van der Waals surface area contributed by atoms with Crippen LogP contribution in [0.25, 0.3) is 0 Å². The number of carbonyl (C=O) groups is 2. The van der Waals surface area contributed by atoms with Crippen molar-refractivity contribution < 1.29 is 23.8 Å². The van der Waals surface area contributed by atoms with Crippen LogP contribution >= 0.6 is 0 Å². The van der Waals surface area contributed by atoms with Gasteiger partial charge in [-0.05, 0) is 43.2 Å². The molecule has 5 rings (SSSR count). The molecule has 2 heterocycles. The number of benzene rings is 3. The maximum atomic E-state index is 13.1. The van der Waals surface area contributed by atoms with Gasteiger partial charge in [-0.2, -0.15) is 0 Å². The number of ether oxygens (including phenoxy) is 3. The van der Waals surface area contributed by atoms with Gasteiger partial charge < -0.3 is 24.4 Å². The molecule has 0 aliphatic carbocycles. The molecule has 0 spiro atoms. The summed E-state index contributed by atoms with van der Waals surface area (Å²) >= 11 is 0. The van der Waals surface area contributed by atoms with Crippen LogP contribution < -0.4 is 19.5 Å². The van der Waals surface area contributed by atoms with Crippen molar-refractivity contribution in [2.75, 3.05) is 31.7 Å². The standard InChI is InChI=1S/C27H26N2O5/c1-18-4-2-5-19(14-18)16-29-11-10-21-22(27(29)31)6-3-7-23(21)34-17-26(30)28-20-8-9-24-25(15-20)33-13-12-32-24/h2-9,14-15H,10-13,16-17H2,1H3,(H,28,30). The second kappa shape index (κ2) is 9.47. The third kappa shape index (κ3) is 4.69. The molecule has 0 atom stereocenters. The minimum Gasteiger partial charge on any atom is -0.486 e. The van der Waals surface area contributed by atoms with Crippen molar-refractivity contribution in [2.24, 2.45) is 0 Å². The Kier molecular flexibility index (Phi) is 6.08. The van der Waals surface area contributed by atoms with Crippen LogP contribution in [0.15, 0.2) is 60.7 Å². The number of aryl methyl sites for hydroxylation is 1. The first kappa shape index (κ1) is 21.8. The van der Waals surface area contributed by atoms with Crippen molar-refractivity contribution in [3.8, 4) is 17.2 Å². The number of hydrogen-bond donors (Lipinski definition) is 1. The Balaban J connectivity index is 1.23. The molecule has 0 radical (unpaired) electrons. The summed E-state index contributed by atoms with van der Waals surface area (Å²) < 4.78 is 16.9. The minimum absolute atomic E-state index is 0.0195. The van der Waals surface area contributed by atoms with Gasteiger partial charge in [0.05, 0.1) is 0 Å². The lowest BCUT2D eigenvalue weighted by atomic mass is 9.97. The first-order chi connectivity index (χ1) is 16.6. The zero-order chi connectivity index (χ0) is 23.5. The SMILES string of the molecule is Cc1cccc(CN2CCc3c(OCC(=O)Nc4ccc5c(c4)OCCO5)cccc3C2=O)c1. The number of anilines is 1. The van der Waals surface area contributed by atoms with Gasteiger partial charge in [-0.3, -0.25) is 9.59 Å². The molecule has 2 amide bonds. The third-order valence-corrected chi connectivity index (χ3v) is 5.92. The molecule has 7 nitrogen and oxygen atoms in total. The largest absolute Gasteiger partial charge is 0.486 e. The van der Waals surface area contributed by atoms with Gasteiger partial charge >= 0.3 is 0 Å². The monoisotopic (exact) mass is 458 g/mol. The van der Waals surface area contributed by atoms with Crippen molar-refractivity contribution in [3.63, 3.8) is 0 Å². The first-order valence-corrected chi connectivity index (χ1v) is 11.4. The fourth-order valence-electron chi connectivity index (χ4n) is 4.32. The fourth-order valence-corrected chi connectivity index (χ4v) is 4.32.